The van der Waals surface area contributed by atoms with E-state index in [0.717, 1.165) is 73.9 Å². The monoisotopic (exact) mass is 693 g/mol. The van der Waals surface area contributed by atoms with E-state index in [4.69, 9.17) is 44.2 Å². The van der Waals surface area contributed by atoms with E-state index in [1.165, 1.54) is 0 Å². The Labute approximate surface area is 290 Å². The highest BCUT2D eigenvalue weighted by Crippen LogP contribution is 2.30. The Balaban J connectivity index is 1.15. The molecule has 5 aromatic rings. The molecule has 1 saturated heterocycles. The Morgan fingerprint density at radius 2 is 1.72 bits per heavy atom. The summed E-state index contributed by atoms with van der Waals surface area (Å²) in [7, 11) is 1.84. The molecule has 1 unspecified atom stereocenters. The van der Waals surface area contributed by atoms with Crippen LogP contribution in [0.2, 0.25) is 15.1 Å². The summed E-state index contributed by atoms with van der Waals surface area (Å²) >= 11 is 18.8. The molecule has 0 saturated carbocycles. The van der Waals surface area contributed by atoms with E-state index in [2.05, 4.69) is 20.4 Å². The third-order valence-corrected chi connectivity index (χ3v) is 9.82. The average molecular weight is 695 g/mol. The molecular formula is C36H38Cl3N5O3. The Morgan fingerprint density at radius 3 is 2.49 bits per heavy atom. The molecular weight excluding hydrogens is 657 g/mol. The molecule has 0 aliphatic carbocycles. The number of furan rings is 1. The average Bonchev–Trinajstić information content (AvgIpc) is 3.61. The van der Waals surface area contributed by atoms with Crippen LogP contribution in [0.3, 0.4) is 0 Å². The number of halogens is 3. The van der Waals surface area contributed by atoms with Crippen molar-refractivity contribution in [2.45, 2.75) is 31.9 Å². The fourth-order valence-electron chi connectivity index (χ4n) is 6.30. The molecule has 0 spiro atoms. The predicted octanol–water partition coefficient (Wildman–Crippen LogP) is 7.59. The number of carbonyl (C=O) groups excluding carboxylic acids is 1. The maximum atomic E-state index is 13.3. The SMILES string of the molecule is CN(CC(CCN1CCCN(c2nc3ccccc3n2Cc2ccc(CO)o2)CC1)c1ccc(Cl)c(Cl)c1)C(=O)c1ccc(Cl)cc1. The number of rotatable bonds is 11. The molecule has 1 aliphatic rings. The van der Waals surface area contributed by atoms with E-state index < -0.39 is 0 Å². The molecule has 1 amide bonds. The molecule has 6 rings (SSSR count). The second-order valence-electron chi connectivity index (χ2n) is 12.0. The summed E-state index contributed by atoms with van der Waals surface area (Å²) in [4.78, 5) is 25.0. The predicted molar refractivity (Wildman–Crippen MR) is 189 cm³/mol. The summed E-state index contributed by atoms with van der Waals surface area (Å²) in [5, 5.41) is 11.1. The Kier molecular flexibility index (Phi) is 10.7. The summed E-state index contributed by atoms with van der Waals surface area (Å²) in [6, 6.07) is 24.6. The van der Waals surface area contributed by atoms with Gasteiger partial charge < -0.3 is 28.8 Å². The lowest BCUT2D eigenvalue weighted by molar-refractivity contribution is 0.0782. The van der Waals surface area contributed by atoms with Crippen molar-refractivity contribution < 1.29 is 14.3 Å². The van der Waals surface area contributed by atoms with Gasteiger partial charge in [-0.1, -0.05) is 53.0 Å². The fourth-order valence-corrected chi connectivity index (χ4v) is 6.73. The molecule has 47 heavy (non-hydrogen) atoms. The first-order chi connectivity index (χ1) is 22.8. The number of hydrogen-bond acceptors (Lipinski definition) is 6. The number of benzene rings is 3. The van der Waals surface area contributed by atoms with Crippen LogP contribution in [-0.2, 0) is 13.2 Å². The Hall–Kier alpha value is -3.53. The van der Waals surface area contributed by atoms with Gasteiger partial charge in [0.05, 0.1) is 27.6 Å². The largest absolute Gasteiger partial charge is 0.462 e. The molecule has 3 heterocycles. The van der Waals surface area contributed by atoms with E-state index in [1.54, 1.807) is 29.2 Å². The molecule has 1 atom stereocenters. The van der Waals surface area contributed by atoms with Crippen molar-refractivity contribution >= 4 is 57.7 Å². The minimum absolute atomic E-state index is 0.0536. The smallest absolute Gasteiger partial charge is 0.253 e. The van der Waals surface area contributed by atoms with Crippen LogP contribution in [0, 0.1) is 0 Å². The van der Waals surface area contributed by atoms with Crippen LogP contribution < -0.4 is 4.90 Å². The van der Waals surface area contributed by atoms with E-state index in [1.807, 2.05) is 55.6 Å². The Morgan fingerprint density at radius 1 is 0.936 bits per heavy atom. The molecule has 246 valence electrons. The van der Waals surface area contributed by atoms with Crippen LogP contribution in [0.5, 0.6) is 0 Å². The standard InChI is InChI=1S/C36H38Cl3N5O3/c1-41(35(46)25-7-10-28(37)11-8-25)22-27(26-9-14-31(38)32(39)21-26)15-18-42-16-4-17-43(20-19-42)36-40-33-5-2-3-6-34(33)44(36)23-29-12-13-30(24-45)47-29/h2-3,5-14,21,27,45H,4,15-20,22-24H2,1H3. The van der Waals surface area contributed by atoms with Crippen LogP contribution >= 0.6 is 34.8 Å². The second kappa shape index (κ2) is 15.1. The molecule has 0 radical (unpaired) electrons. The van der Waals surface area contributed by atoms with Gasteiger partial charge in [-0.2, -0.15) is 0 Å². The van der Waals surface area contributed by atoms with Crippen LogP contribution in [0.1, 0.15) is 46.2 Å². The lowest BCUT2D eigenvalue weighted by atomic mass is 9.94. The zero-order valence-electron chi connectivity index (χ0n) is 26.3. The van der Waals surface area contributed by atoms with Crippen LogP contribution in [-0.4, -0.2) is 76.7 Å². The van der Waals surface area contributed by atoms with Gasteiger partial charge in [-0.05, 0) is 92.2 Å². The number of fused-ring (bicyclic) bond motifs is 1. The summed E-state index contributed by atoms with van der Waals surface area (Å²) in [6.45, 7) is 5.37. The highest BCUT2D eigenvalue weighted by Gasteiger charge is 2.24. The van der Waals surface area contributed by atoms with Crippen molar-refractivity contribution in [1.82, 2.24) is 19.4 Å². The van der Waals surface area contributed by atoms with E-state index in [-0.39, 0.29) is 18.4 Å². The minimum atomic E-state index is -0.125. The summed E-state index contributed by atoms with van der Waals surface area (Å²) < 4.78 is 8.05. The lowest BCUT2D eigenvalue weighted by Gasteiger charge is -2.28. The second-order valence-corrected chi connectivity index (χ2v) is 13.3. The van der Waals surface area contributed by atoms with Crippen LogP contribution in [0.4, 0.5) is 5.95 Å². The van der Waals surface area contributed by atoms with Gasteiger partial charge >= 0.3 is 0 Å². The number of aliphatic hydroxyl groups is 1. The zero-order valence-corrected chi connectivity index (χ0v) is 28.6. The molecule has 1 N–H and O–H groups in total. The highest BCUT2D eigenvalue weighted by molar-refractivity contribution is 6.42. The number of para-hydroxylation sites is 2. The van der Waals surface area contributed by atoms with Gasteiger partial charge in [0.1, 0.15) is 18.1 Å². The molecule has 1 aliphatic heterocycles. The Bertz CT molecular complexity index is 1820. The number of nitrogens with zero attached hydrogens (tertiary/aromatic N) is 5. The summed E-state index contributed by atoms with van der Waals surface area (Å²) in [6.07, 6.45) is 1.84. The number of aromatic nitrogens is 2. The van der Waals surface area contributed by atoms with Crippen molar-refractivity contribution in [2.75, 3.05) is 51.2 Å². The molecule has 11 heteroatoms. The number of carbonyl (C=O) groups is 1. The van der Waals surface area contributed by atoms with Gasteiger partial charge in [0, 0.05) is 49.7 Å². The van der Waals surface area contributed by atoms with Gasteiger partial charge in [0.2, 0.25) is 5.95 Å². The normalized spacial score (nSPS) is 14.8. The van der Waals surface area contributed by atoms with Gasteiger partial charge in [0.15, 0.2) is 0 Å². The number of hydrogen-bond donors (Lipinski definition) is 1. The highest BCUT2D eigenvalue weighted by atomic mass is 35.5. The summed E-state index contributed by atoms with van der Waals surface area (Å²) in [5.41, 5.74) is 3.65. The quantitative estimate of drug-likeness (QED) is 0.154. The van der Waals surface area contributed by atoms with E-state index in [9.17, 15) is 9.90 Å². The number of amides is 1. The topological polar surface area (TPSA) is 78.0 Å². The lowest BCUT2D eigenvalue weighted by Crippen LogP contribution is -2.35. The third kappa shape index (κ3) is 7.96. The molecule has 1 fully saturated rings. The van der Waals surface area contributed by atoms with E-state index in [0.29, 0.717) is 39.5 Å². The van der Waals surface area contributed by atoms with Crippen molar-refractivity contribution in [3.05, 3.63) is 117 Å². The maximum Gasteiger partial charge on any atom is 0.253 e. The first-order valence-corrected chi connectivity index (χ1v) is 17.0. The molecule has 0 bridgehead atoms. The fraction of sp³-hybridized carbons (Fsp3) is 0.333. The number of anilines is 1. The van der Waals surface area contributed by atoms with Crippen molar-refractivity contribution in [3.8, 4) is 0 Å². The first-order valence-electron chi connectivity index (χ1n) is 15.9. The minimum Gasteiger partial charge on any atom is -0.462 e. The third-order valence-electron chi connectivity index (χ3n) is 8.83. The number of likely N-dealkylation sites (N-methyl/N-ethyl adjacent to an activating group) is 1. The maximum absolute atomic E-state index is 13.3. The van der Waals surface area contributed by atoms with Crippen molar-refractivity contribution in [2.24, 2.45) is 0 Å². The van der Waals surface area contributed by atoms with Crippen molar-refractivity contribution in [3.63, 3.8) is 0 Å². The molecule has 3 aromatic carbocycles. The van der Waals surface area contributed by atoms with Crippen LogP contribution in [0.25, 0.3) is 11.0 Å². The summed E-state index contributed by atoms with van der Waals surface area (Å²) in [5.74, 6) is 2.26. The van der Waals surface area contributed by atoms with Crippen LogP contribution in [0.15, 0.2) is 83.3 Å². The molecule has 2 aromatic heterocycles. The number of aliphatic hydroxyl groups excluding tert-OH is 1. The molecule has 8 nitrogen and oxygen atoms in total. The van der Waals surface area contributed by atoms with Gasteiger partial charge in [-0.3, -0.25) is 4.79 Å². The number of imidazole rings is 1. The van der Waals surface area contributed by atoms with Gasteiger partial charge in [0.25, 0.3) is 5.91 Å². The zero-order chi connectivity index (χ0) is 32.9. The van der Waals surface area contributed by atoms with Crippen molar-refractivity contribution in [1.29, 1.82) is 0 Å². The van der Waals surface area contributed by atoms with Gasteiger partial charge in [-0.25, -0.2) is 4.98 Å². The first kappa shape index (κ1) is 33.4. The van der Waals surface area contributed by atoms with E-state index >= 15 is 0 Å². The van der Waals surface area contributed by atoms with Gasteiger partial charge in [-0.15, -0.1) is 0 Å².